The van der Waals surface area contributed by atoms with Gasteiger partial charge in [0.25, 0.3) is 11.6 Å². The van der Waals surface area contributed by atoms with Gasteiger partial charge in [-0.15, -0.1) is 0 Å². The number of carbonyl (C=O) groups excluding carboxylic acids is 1. The topological polar surface area (TPSA) is 72.2 Å². The smallest absolute Gasteiger partial charge is 0.270 e. The van der Waals surface area contributed by atoms with Crippen LogP contribution in [0, 0.1) is 10.1 Å². The van der Waals surface area contributed by atoms with Crippen molar-refractivity contribution in [3.8, 4) is 0 Å². The zero-order valence-electron chi connectivity index (χ0n) is 7.82. The van der Waals surface area contributed by atoms with Gasteiger partial charge in [0.1, 0.15) is 0 Å². The SMILES string of the molecule is O=C1NC2(CC2)c2ccc([N+](=O)[O-])cc21. The maximum Gasteiger partial charge on any atom is 0.270 e. The zero-order valence-corrected chi connectivity index (χ0v) is 7.82. The fraction of sp³-hybridized carbons (Fsp3) is 0.300. The van der Waals surface area contributed by atoms with Gasteiger partial charge in [-0.05, 0) is 24.5 Å². The van der Waals surface area contributed by atoms with Crippen molar-refractivity contribution in [2.24, 2.45) is 0 Å². The molecule has 15 heavy (non-hydrogen) atoms. The van der Waals surface area contributed by atoms with Crippen LogP contribution in [0.5, 0.6) is 0 Å². The van der Waals surface area contributed by atoms with Gasteiger partial charge in [0, 0.05) is 12.1 Å². The highest BCUT2D eigenvalue weighted by Gasteiger charge is 2.52. The fourth-order valence-electron chi connectivity index (χ4n) is 2.12. The molecule has 0 bridgehead atoms. The number of nitrogens with zero attached hydrogens (tertiary/aromatic N) is 1. The molecule has 76 valence electrons. The van der Waals surface area contributed by atoms with Gasteiger partial charge < -0.3 is 5.32 Å². The Morgan fingerprint density at radius 1 is 1.40 bits per heavy atom. The first-order valence-corrected chi connectivity index (χ1v) is 4.74. The fourth-order valence-corrected chi connectivity index (χ4v) is 2.12. The molecule has 1 heterocycles. The molecule has 0 atom stereocenters. The molecule has 1 aromatic rings. The number of rotatable bonds is 1. The zero-order chi connectivity index (χ0) is 10.6. The first kappa shape index (κ1) is 8.40. The minimum atomic E-state index is -0.481. The predicted molar refractivity (Wildman–Crippen MR) is 51.5 cm³/mol. The summed E-state index contributed by atoms with van der Waals surface area (Å²) in [6.07, 6.45) is 1.87. The summed E-state index contributed by atoms with van der Waals surface area (Å²) in [6.45, 7) is 0. The van der Waals surface area contributed by atoms with E-state index in [9.17, 15) is 14.9 Å². The van der Waals surface area contributed by atoms with Gasteiger partial charge in [-0.3, -0.25) is 14.9 Å². The molecule has 1 aliphatic carbocycles. The first-order chi connectivity index (χ1) is 7.12. The Balaban J connectivity index is 2.17. The summed E-state index contributed by atoms with van der Waals surface area (Å²) in [5.41, 5.74) is 1.16. The molecule has 1 aromatic carbocycles. The van der Waals surface area contributed by atoms with E-state index in [1.165, 1.54) is 12.1 Å². The molecule has 1 N–H and O–H groups in total. The van der Waals surface area contributed by atoms with Gasteiger partial charge in [0.2, 0.25) is 0 Å². The molecule has 2 aliphatic rings. The highest BCUT2D eigenvalue weighted by Crippen LogP contribution is 2.50. The number of nitrogens with one attached hydrogen (secondary N) is 1. The number of hydrogen-bond donors (Lipinski definition) is 1. The Kier molecular flexibility index (Phi) is 1.32. The number of nitro benzene ring substituents is 1. The summed E-state index contributed by atoms with van der Waals surface area (Å²) in [5, 5.41) is 13.4. The predicted octanol–water partition coefficient (Wildman–Crippen LogP) is 1.33. The van der Waals surface area contributed by atoms with E-state index in [0.717, 1.165) is 18.4 Å². The third-order valence-electron chi connectivity index (χ3n) is 3.08. The standard InChI is InChI=1S/C10H8N2O3/c13-9-7-5-6(12(14)15)1-2-8(7)10(11-9)3-4-10/h1-2,5H,3-4H2,(H,11,13). The van der Waals surface area contributed by atoms with Crippen molar-refractivity contribution < 1.29 is 9.72 Å². The number of amides is 1. The summed E-state index contributed by atoms with van der Waals surface area (Å²) in [4.78, 5) is 21.6. The van der Waals surface area contributed by atoms with E-state index in [0.29, 0.717) is 5.56 Å². The minimum Gasteiger partial charge on any atom is -0.342 e. The number of non-ortho nitro benzene ring substituents is 1. The lowest BCUT2D eigenvalue weighted by Gasteiger charge is -2.06. The molecule has 5 nitrogen and oxygen atoms in total. The number of fused-ring (bicyclic) bond motifs is 2. The summed E-state index contributed by atoms with van der Waals surface area (Å²) in [7, 11) is 0. The van der Waals surface area contributed by atoms with E-state index < -0.39 is 4.92 Å². The van der Waals surface area contributed by atoms with Crippen LogP contribution in [0.2, 0.25) is 0 Å². The van der Waals surface area contributed by atoms with E-state index in [4.69, 9.17) is 0 Å². The average molecular weight is 204 g/mol. The van der Waals surface area contributed by atoms with Crippen molar-refractivity contribution in [3.63, 3.8) is 0 Å². The molecule has 1 amide bonds. The van der Waals surface area contributed by atoms with Crippen LogP contribution in [-0.2, 0) is 5.54 Å². The molecule has 1 spiro atoms. The van der Waals surface area contributed by atoms with E-state index in [1.807, 2.05) is 0 Å². The first-order valence-electron chi connectivity index (χ1n) is 4.74. The molecular weight excluding hydrogens is 196 g/mol. The van der Waals surface area contributed by atoms with Crippen molar-refractivity contribution in [3.05, 3.63) is 39.4 Å². The van der Waals surface area contributed by atoms with E-state index >= 15 is 0 Å². The largest absolute Gasteiger partial charge is 0.342 e. The number of benzene rings is 1. The van der Waals surface area contributed by atoms with Crippen molar-refractivity contribution in [2.45, 2.75) is 18.4 Å². The minimum absolute atomic E-state index is 0.0263. The van der Waals surface area contributed by atoms with Crippen molar-refractivity contribution in [1.82, 2.24) is 5.32 Å². The van der Waals surface area contributed by atoms with Crippen molar-refractivity contribution in [1.29, 1.82) is 0 Å². The third-order valence-corrected chi connectivity index (χ3v) is 3.08. The van der Waals surface area contributed by atoms with Crippen LogP contribution in [0.15, 0.2) is 18.2 Å². The lowest BCUT2D eigenvalue weighted by Crippen LogP contribution is -2.25. The van der Waals surface area contributed by atoms with Crippen LogP contribution in [0.4, 0.5) is 5.69 Å². The summed E-state index contributed by atoms with van der Waals surface area (Å²) in [6, 6.07) is 4.51. The lowest BCUT2D eigenvalue weighted by atomic mass is 10.0. The van der Waals surface area contributed by atoms with E-state index in [-0.39, 0.29) is 17.1 Å². The number of hydrogen-bond acceptors (Lipinski definition) is 3. The molecule has 5 heteroatoms. The summed E-state index contributed by atoms with van der Waals surface area (Å²) >= 11 is 0. The highest BCUT2D eigenvalue weighted by atomic mass is 16.6. The second-order valence-corrected chi connectivity index (χ2v) is 4.02. The second kappa shape index (κ2) is 2.36. The maximum atomic E-state index is 11.6. The van der Waals surface area contributed by atoms with Gasteiger partial charge in [-0.2, -0.15) is 0 Å². The van der Waals surface area contributed by atoms with E-state index in [1.54, 1.807) is 6.07 Å². The van der Waals surface area contributed by atoms with Crippen LogP contribution < -0.4 is 5.32 Å². The molecule has 0 radical (unpaired) electrons. The molecular formula is C10H8N2O3. The van der Waals surface area contributed by atoms with E-state index in [2.05, 4.69) is 5.32 Å². The van der Waals surface area contributed by atoms with Crippen LogP contribution in [0.25, 0.3) is 0 Å². The van der Waals surface area contributed by atoms with Gasteiger partial charge in [-0.1, -0.05) is 0 Å². The van der Waals surface area contributed by atoms with Crippen LogP contribution >= 0.6 is 0 Å². The number of nitro groups is 1. The van der Waals surface area contributed by atoms with Gasteiger partial charge in [-0.25, -0.2) is 0 Å². The molecule has 1 saturated carbocycles. The summed E-state index contributed by atoms with van der Waals surface area (Å²) in [5.74, 6) is -0.189. The average Bonchev–Trinajstić information content (AvgIpc) is 2.91. The molecule has 0 aromatic heterocycles. The molecule has 1 aliphatic heterocycles. The van der Waals surface area contributed by atoms with Crippen molar-refractivity contribution >= 4 is 11.6 Å². The normalized spacial score (nSPS) is 19.9. The highest BCUT2D eigenvalue weighted by molar-refractivity contribution is 6.01. The monoisotopic (exact) mass is 204 g/mol. The number of carbonyl (C=O) groups is 1. The quantitative estimate of drug-likeness (QED) is 0.554. The third kappa shape index (κ3) is 1.000. The van der Waals surface area contributed by atoms with Gasteiger partial charge in [0.15, 0.2) is 0 Å². The Morgan fingerprint density at radius 2 is 2.13 bits per heavy atom. The van der Waals surface area contributed by atoms with Crippen LogP contribution in [0.3, 0.4) is 0 Å². The molecule has 1 fully saturated rings. The van der Waals surface area contributed by atoms with Crippen molar-refractivity contribution in [2.75, 3.05) is 0 Å². The Hall–Kier alpha value is -1.91. The Morgan fingerprint density at radius 3 is 2.73 bits per heavy atom. The van der Waals surface area contributed by atoms with Gasteiger partial charge >= 0.3 is 0 Å². The molecule has 3 rings (SSSR count). The molecule has 0 unspecified atom stereocenters. The summed E-state index contributed by atoms with van der Waals surface area (Å²) < 4.78 is 0. The second-order valence-electron chi connectivity index (χ2n) is 4.02. The lowest BCUT2D eigenvalue weighted by molar-refractivity contribution is -0.384. The maximum absolute atomic E-state index is 11.6. The van der Waals surface area contributed by atoms with Crippen LogP contribution in [-0.4, -0.2) is 10.8 Å². The Bertz CT molecular complexity index is 491. The van der Waals surface area contributed by atoms with Gasteiger partial charge in [0.05, 0.1) is 16.0 Å². The molecule has 0 saturated heterocycles. The Labute approximate surface area is 85.2 Å². The van der Waals surface area contributed by atoms with Crippen LogP contribution in [0.1, 0.15) is 28.8 Å².